The monoisotopic (exact) mass is 365 g/mol. The Morgan fingerprint density at radius 3 is 2.57 bits per heavy atom. The molecule has 0 saturated heterocycles. The molecule has 1 fully saturated rings. The number of aromatic nitrogens is 2. The Hall–Kier alpha value is -3.45. The van der Waals surface area contributed by atoms with Crippen LogP contribution in [0.15, 0.2) is 54.6 Å². The summed E-state index contributed by atoms with van der Waals surface area (Å²) in [5, 5.41) is 9.95. The molecule has 2 aromatic heterocycles. The normalized spacial score (nSPS) is 16.7. The van der Waals surface area contributed by atoms with Crippen molar-refractivity contribution in [2.24, 2.45) is 0 Å². The number of benzene rings is 2. The first-order valence-electron chi connectivity index (χ1n) is 9.60. The fourth-order valence-corrected chi connectivity index (χ4v) is 4.57. The van der Waals surface area contributed by atoms with Crippen LogP contribution in [0, 0.1) is 18.3 Å². The number of rotatable bonds is 2. The number of carbonyl (C=O) groups is 1. The summed E-state index contributed by atoms with van der Waals surface area (Å²) < 4.78 is 2.13. The van der Waals surface area contributed by atoms with Crippen LogP contribution in [-0.2, 0) is 4.79 Å². The molecule has 2 aromatic carbocycles. The molecule has 0 aliphatic heterocycles. The third-order valence-electron chi connectivity index (χ3n) is 5.84. The van der Waals surface area contributed by atoms with Crippen molar-refractivity contribution < 1.29 is 4.79 Å². The Balaban J connectivity index is 2.00. The van der Waals surface area contributed by atoms with E-state index in [0.717, 1.165) is 39.8 Å². The molecule has 1 atom stereocenters. The number of imidazole rings is 1. The van der Waals surface area contributed by atoms with Crippen molar-refractivity contribution >= 4 is 22.5 Å². The first kappa shape index (κ1) is 16.7. The zero-order valence-corrected chi connectivity index (χ0v) is 15.6. The fourth-order valence-electron chi connectivity index (χ4n) is 4.57. The van der Waals surface area contributed by atoms with E-state index >= 15 is 0 Å². The number of pyridine rings is 1. The quantitative estimate of drug-likeness (QED) is 0.492. The maximum atomic E-state index is 12.1. The molecule has 4 aromatic rings. The van der Waals surface area contributed by atoms with Crippen molar-refractivity contribution in [3.63, 3.8) is 0 Å². The molecule has 0 N–H and O–H groups in total. The van der Waals surface area contributed by atoms with Gasteiger partial charge in [-0.15, -0.1) is 0 Å². The van der Waals surface area contributed by atoms with E-state index in [2.05, 4.69) is 22.6 Å². The van der Waals surface area contributed by atoms with Gasteiger partial charge in [0.15, 0.2) is 5.65 Å². The molecule has 0 amide bonds. The second-order valence-corrected chi connectivity index (χ2v) is 7.48. The maximum Gasteiger partial charge on any atom is 0.156 e. The highest BCUT2D eigenvalue weighted by molar-refractivity contribution is 5.89. The summed E-state index contributed by atoms with van der Waals surface area (Å²) in [4.78, 5) is 16.9. The molecule has 4 nitrogen and oxygen atoms in total. The minimum absolute atomic E-state index is 0.134. The first-order valence-corrected chi connectivity index (χ1v) is 9.60. The Labute approximate surface area is 163 Å². The van der Waals surface area contributed by atoms with Gasteiger partial charge in [0.1, 0.15) is 11.9 Å². The summed E-state index contributed by atoms with van der Waals surface area (Å²) in [5.41, 5.74) is 7.33. The van der Waals surface area contributed by atoms with Crippen LogP contribution in [0.1, 0.15) is 42.0 Å². The van der Waals surface area contributed by atoms with Gasteiger partial charge < -0.3 is 0 Å². The predicted octanol–water partition coefficient (Wildman–Crippen LogP) is 5.17. The number of ketones is 1. The van der Waals surface area contributed by atoms with E-state index in [9.17, 15) is 10.1 Å². The molecule has 1 unspecified atom stereocenters. The average molecular weight is 365 g/mol. The molecule has 4 heteroatoms. The third kappa shape index (κ3) is 2.36. The Morgan fingerprint density at radius 2 is 1.86 bits per heavy atom. The molecule has 1 aliphatic rings. The van der Waals surface area contributed by atoms with Gasteiger partial charge in [0.2, 0.25) is 0 Å². The van der Waals surface area contributed by atoms with Crippen LogP contribution in [0.5, 0.6) is 0 Å². The first-order chi connectivity index (χ1) is 13.7. The SMILES string of the molecule is Cc1c(-c2ccccc2)c(C2CCC(=O)C2)n2c(nc3ccccc32)c1C#N. The predicted molar refractivity (Wildman–Crippen MR) is 109 cm³/mol. The minimum Gasteiger partial charge on any atom is -0.300 e. The lowest BCUT2D eigenvalue weighted by molar-refractivity contribution is -0.117. The molecule has 2 heterocycles. The van der Waals surface area contributed by atoms with Gasteiger partial charge in [-0.3, -0.25) is 9.20 Å². The van der Waals surface area contributed by atoms with E-state index in [1.807, 2.05) is 49.4 Å². The van der Waals surface area contributed by atoms with Crippen molar-refractivity contribution in [2.75, 3.05) is 0 Å². The van der Waals surface area contributed by atoms with Crippen LogP contribution < -0.4 is 0 Å². The molecular formula is C24H19N3O. The van der Waals surface area contributed by atoms with Crippen molar-refractivity contribution in [3.05, 3.63) is 71.4 Å². The summed E-state index contributed by atoms with van der Waals surface area (Å²) in [5.74, 6) is 0.442. The summed E-state index contributed by atoms with van der Waals surface area (Å²) in [6.45, 7) is 2.00. The summed E-state index contributed by atoms with van der Waals surface area (Å²) in [6, 6.07) is 20.5. The number of fused-ring (bicyclic) bond motifs is 3. The number of para-hydroxylation sites is 2. The van der Waals surface area contributed by atoms with Gasteiger partial charge in [-0.2, -0.15) is 5.26 Å². The highest BCUT2D eigenvalue weighted by Crippen LogP contribution is 2.42. The van der Waals surface area contributed by atoms with Crippen LogP contribution in [0.25, 0.3) is 27.8 Å². The van der Waals surface area contributed by atoms with Crippen molar-refractivity contribution in [1.82, 2.24) is 9.38 Å². The zero-order valence-electron chi connectivity index (χ0n) is 15.6. The topological polar surface area (TPSA) is 58.2 Å². The molecule has 1 saturated carbocycles. The molecule has 0 spiro atoms. The minimum atomic E-state index is 0.134. The van der Waals surface area contributed by atoms with Crippen LogP contribution in [0.4, 0.5) is 0 Å². The second-order valence-electron chi connectivity index (χ2n) is 7.48. The van der Waals surface area contributed by atoms with Crippen molar-refractivity contribution in [2.45, 2.75) is 32.1 Å². The van der Waals surface area contributed by atoms with Gasteiger partial charge >= 0.3 is 0 Å². The highest BCUT2D eigenvalue weighted by Gasteiger charge is 2.31. The van der Waals surface area contributed by atoms with Crippen LogP contribution in [0.2, 0.25) is 0 Å². The molecule has 0 bridgehead atoms. The van der Waals surface area contributed by atoms with E-state index < -0.39 is 0 Å². The van der Waals surface area contributed by atoms with E-state index in [-0.39, 0.29) is 5.92 Å². The number of nitriles is 1. The fraction of sp³-hybridized carbons (Fsp3) is 0.208. The average Bonchev–Trinajstić information content (AvgIpc) is 3.31. The number of Topliss-reactive ketones (excluding diaryl/α,β-unsaturated/α-hetero) is 1. The van der Waals surface area contributed by atoms with E-state index in [1.165, 1.54) is 0 Å². The van der Waals surface area contributed by atoms with E-state index in [0.29, 0.717) is 29.8 Å². The van der Waals surface area contributed by atoms with Gasteiger partial charge in [0.05, 0.1) is 16.6 Å². The van der Waals surface area contributed by atoms with Gasteiger partial charge in [-0.25, -0.2) is 4.98 Å². The standard InChI is InChI=1S/C24H19N3O/c1-15-19(14-25)24-26-20-9-5-6-10-21(20)27(24)23(17-11-12-18(28)13-17)22(15)16-7-3-2-4-8-16/h2-10,17H,11-13H2,1H3. The summed E-state index contributed by atoms with van der Waals surface area (Å²) in [7, 11) is 0. The number of hydrogen-bond acceptors (Lipinski definition) is 3. The van der Waals surface area contributed by atoms with Crippen LogP contribution in [-0.4, -0.2) is 15.2 Å². The molecule has 136 valence electrons. The van der Waals surface area contributed by atoms with Gasteiger partial charge in [-0.05, 0) is 36.6 Å². The summed E-state index contributed by atoms with van der Waals surface area (Å²) in [6.07, 6.45) is 2.00. The number of nitrogens with zero attached hydrogens (tertiary/aromatic N) is 3. The Kier molecular flexibility index (Phi) is 3.77. The third-order valence-corrected chi connectivity index (χ3v) is 5.84. The Morgan fingerprint density at radius 1 is 1.11 bits per heavy atom. The zero-order chi connectivity index (χ0) is 19.3. The van der Waals surface area contributed by atoms with Gasteiger partial charge in [0.25, 0.3) is 0 Å². The maximum absolute atomic E-state index is 12.1. The largest absolute Gasteiger partial charge is 0.300 e. The number of hydrogen-bond donors (Lipinski definition) is 0. The van der Waals surface area contributed by atoms with E-state index in [4.69, 9.17) is 4.98 Å². The van der Waals surface area contributed by atoms with Crippen molar-refractivity contribution in [1.29, 1.82) is 5.26 Å². The molecule has 0 radical (unpaired) electrons. The van der Waals surface area contributed by atoms with Gasteiger partial charge in [0, 0.05) is 30.0 Å². The van der Waals surface area contributed by atoms with Crippen molar-refractivity contribution in [3.8, 4) is 17.2 Å². The molecule has 5 rings (SSSR count). The summed E-state index contributed by atoms with van der Waals surface area (Å²) >= 11 is 0. The van der Waals surface area contributed by atoms with E-state index in [1.54, 1.807) is 0 Å². The lowest BCUT2D eigenvalue weighted by Gasteiger charge is -2.21. The number of carbonyl (C=O) groups excluding carboxylic acids is 1. The van der Waals surface area contributed by atoms with Crippen LogP contribution >= 0.6 is 0 Å². The van der Waals surface area contributed by atoms with Gasteiger partial charge in [-0.1, -0.05) is 42.5 Å². The molecule has 1 aliphatic carbocycles. The molecular weight excluding hydrogens is 346 g/mol. The molecule has 28 heavy (non-hydrogen) atoms. The second kappa shape index (κ2) is 6.31. The smallest absolute Gasteiger partial charge is 0.156 e. The Bertz CT molecular complexity index is 1280. The highest BCUT2D eigenvalue weighted by atomic mass is 16.1. The van der Waals surface area contributed by atoms with Crippen LogP contribution in [0.3, 0.4) is 0 Å². The lowest BCUT2D eigenvalue weighted by atomic mass is 9.89. The lowest BCUT2D eigenvalue weighted by Crippen LogP contribution is -2.09.